The zero-order valence-corrected chi connectivity index (χ0v) is 10.6. The third-order valence-electron chi connectivity index (χ3n) is 2.48. The van der Waals surface area contributed by atoms with Crippen LogP contribution in [0.2, 0.25) is 5.15 Å². The highest BCUT2D eigenvalue weighted by atomic mass is 35.5. The number of fused-ring (bicyclic) bond motifs is 1. The molecular formula is C11H12ClN3O2. The third kappa shape index (κ3) is 1.86. The molecule has 0 atom stereocenters. The minimum absolute atomic E-state index is 0.297. The quantitative estimate of drug-likeness (QED) is 0.608. The summed E-state index contributed by atoms with van der Waals surface area (Å²) in [6.07, 6.45) is 1.60. The number of hydrogen-bond acceptors (Lipinski definition) is 4. The van der Waals surface area contributed by atoms with Crippen LogP contribution in [0.4, 0.5) is 0 Å². The summed E-state index contributed by atoms with van der Waals surface area (Å²) in [5.41, 5.74) is 2.14. The summed E-state index contributed by atoms with van der Waals surface area (Å²) in [5, 5.41) is 0.297. The van der Waals surface area contributed by atoms with Crippen molar-refractivity contribution >= 4 is 28.6 Å². The standard InChI is InChI=1S/C11H12ClN3O2/c1-4-17-11(16)7-6(2)14-10(12)8-9(7)15(3)5-13-8/h5H,4H2,1-3H3. The molecule has 17 heavy (non-hydrogen) atoms. The minimum atomic E-state index is -0.400. The van der Waals surface area contributed by atoms with Crippen LogP contribution in [0, 0.1) is 6.92 Å². The minimum Gasteiger partial charge on any atom is -0.462 e. The van der Waals surface area contributed by atoms with Gasteiger partial charge < -0.3 is 9.30 Å². The summed E-state index contributed by atoms with van der Waals surface area (Å²) in [7, 11) is 1.80. The Hall–Kier alpha value is -1.62. The second-order valence-corrected chi connectivity index (χ2v) is 3.99. The van der Waals surface area contributed by atoms with Crippen LogP contribution in [0.3, 0.4) is 0 Å². The molecule has 0 unspecified atom stereocenters. The summed E-state index contributed by atoms with van der Waals surface area (Å²) in [4.78, 5) is 20.1. The van der Waals surface area contributed by atoms with Gasteiger partial charge in [-0.3, -0.25) is 0 Å². The summed E-state index contributed by atoms with van der Waals surface area (Å²) in [6.45, 7) is 3.81. The molecule has 0 saturated carbocycles. The highest BCUT2D eigenvalue weighted by Gasteiger charge is 2.20. The van der Waals surface area contributed by atoms with Crippen molar-refractivity contribution in [1.29, 1.82) is 0 Å². The van der Waals surface area contributed by atoms with Gasteiger partial charge >= 0.3 is 5.97 Å². The Balaban J connectivity index is 2.76. The number of halogens is 1. The van der Waals surface area contributed by atoms with Gasteiger partial charge in [-0.25, -0.2) is 14.8 Å². The molecule has 0 fully saturated rings. The van der Waals surface area contributed by atoms with E-state index in [1.54, 1.807) is 31.8 Å². The van der Waals surface area contributed by atoms with E-state index in [0.717, 1.165) is 0 Å². The van der Waals surface area contributed by atoms with Crippen molar-refractivity contribution in [2.75, 3.05) is 6.61 Å². The number of nitrogens with zero attached hydrogens (tertiary/aromatic N) is 3. The molecule has 5 nitrogen and oxygen atoms in total. The first-order chi connectivity index (χ1) is 8.06. The van der Waals surface area contributed by atoms with Gasteiger partial charge in [0.25, 0.3) is 0 Å². The maximum absolute atomic E-state index is 11.9. The number of aromatic nitrogens is 3. The van der Waals surface area contributed by atoms with E-state index in [0.29, 0.717) is 34.1 Å². The zero-order valence-electron chi connectivity index (χ0n) is 9.82. The van der Waals surface area contributed by atoms with E-state index < -0.39 is 5.97 Å². The average Bonchev–Trinajstić information content (AvgIpc) is 2.62. The molecular weight excluding hydrogens is 242 g/mol. The molecule has 0 aliphatic carbocycles. The lowest BCUT2D eigenvalue weighted by Gasteiger charge is -2.08. The molecule has 0 radical (unpaired) electrons. The Bertz CT molecular complexity index is 592. The Labute approximate surface area is 103 Å². The molecule has 0 bridgehead atoms. The van der Waals surface area contributed by atoms with Crippen molar-refractivity contribution in [1.82, 2.24) is 14.5 Å². The summed E-state index contributed by atoms with van der Waals surface area (Å²) < 4.78 is 6.76. The maximum atomic E-state index is 11.9. The molecule has 2 heterocycles. The number of hydrogen-bond donors (Lipinski definition) is 0. The topological polar surface area (TPSA) is 57.0 Å². The Kier molecular flexibility index (Phi) is 3.02. The number of rotatable bonds is 2. The van der Waals surface area contributed by atoms with Crippen molar-refractivity contribution in [3.63, 3.8) is 0 Å². The molecule has 0 saturated heterocycles. The van der Waals surface area contributed by atoms with Crippen LogP contribution in [0.25, 0.3) is 11.0 Å². The number of pyridine rings is 1. The Morgan fingerprint density at radius 2 is 2.29 bits per heavy atom. The Morgan fingerprint density at radius 3 is 2.94 bits per heavy atom. The third-order valence-corrected chi connectivity index (χ3v) is 2.74. The van der Waals surface area contributed by atoms with Gasteiger partial charge in [0.1, 0.15) is 11.1 Å². The van der Waals surface area contributed by atoms with Gasteiger partial charge in [0.15, 0.2) is 5.15 Å². The van der Waals surface area contributed by atoms with Gasteiger partial charge in [0.2, 0.25) is 0 Å². The molecule has 0 amide bonds. The smallest absolute Gasteiger partial charge is 0.342 e. The lowest BCUT2D eigenvalue weighted by atomic mass is 10.1. The molecule has 0 aromatic carbocycles. The van der Waals surface area contributed by atoms with E-state index in [-0.39, 0.29) is 0 Å². The van der Waals surface area contributed by atoms with Gasteiger partial charge in [-0.2, -0.15) is 0 Å². The number of esters is 1. The first-order valence-corrected chi connectivity index (χ1v) is 5.58. The zero-order chi connectivity index (χ0) is 12.6. The lowest BCUT2D eigenvalue weighted by Crippen LogP contribution is -2.10. The normalized spacial score (nSPS) is 10.8. The maximum Gasteiger partial charge on any atom is 0.342 e. The molecule has 0 aliphatic rings. The van der Waals surface area contributed by atoms with Crippen LogP contribution in [0.5, 0.6) is 0 Å². The molecule has 2 rings (SSSR count). The van der Waals surface area contributed by atoms with E-state index in [4.69, 9.17) is 16.3 Å². The van der Waals surface area contributed by atoms with Gasteiger partial charge in [-0.05, 0) is 13.8 Å². The summed E-state index contributed by atoms with van der Waals surface area (Å²) >= 11 is 5.99. The van der Waals surface area contributed by atoms with Gasteiger partial charge in [-0.15, -0.1) is 0 Å². The summed E-state index contributed by atoms with van der Waals surface area (Å²) in [6, 6.07) is 0. The van der Waals surface area contributed by atoms with Crippen LogP contribution < -0.4 is 0 Å². The molecule has 90 valence electrons. The number of aryl methyl sites for hydroxylation is 2. The SMILES string of the molecule is CCOC(=O)c1c(C)nc(Cl)c2ncn(C)c12. The molecule has 6 heteroatoms. The van der Waals surface area contributed by atoms with Gasteiger partial charge in [0, 0.05) is 7.05 Å². The fourth-order valence-electron chi connectivity index (χ4n) is 1.75. The molecule has 0 aliphatic heterocycles. The Morgan fingerprint density at radius 1 is 1.59 bits per heavy atom. The second kappa shape index (κ2) is 4.33. The monoisotopic (exact) mass is 253 g/mol. The van der Waals surface area contributed by atoms with E-state index in [1.807, 2.05) is 0 Å². The fourth-order valence-corrected chi connectivity index (χ4v) is 2.02. The number of carbonyl (C=O) groups is 1. The van der Waals surface area contributed by atoms with E-state index in [9.17, 15) is 4.79 Å². The van der Waals surface area contributed by atoms with Crippen molar-refractivity contribution < 1.29 is 9.53 Å². The van der Waals surface area contributed by atoms with E-state index in [2.05, 4.69) is 9.97 Å². The van der Waals surface area contributed by atoms with Crippen molar-refractivity contribution in [2.24, 2.45) is 7.05 Å². The van der Waals surface area contributed by atoms with Gasteiger partial charge in [0.05, 0.1) is 24.1 Å². The van der Waals surface area contributed by atoms with Crippen molar-refractivity contribution in [3.05, 3.63) is 22.7 Å². The van der Waals surface area contributed by atoms with Crippen LogP contribution >= 0.6 is 11.6 Å². The van der Waals surface area contributed by atoms with Crippen molar-refractivity contribution in [3.8, 4) is 0 Å². The van der Waals surface area contributed by atoms with Crippen molar-refractivity contribution in [2.45, 2.75) is 13.8 Å². The average molecular weight is 254 g/mol. The van der Waals surface area contributed by atoms with E-state index in [1.165, 1.54) is 0 Å². The molecule has 0 spiro atoms. The largest absolute Gasteiger partial charge is 0.462 e. The second-order valence-electron chi connectivity index (χ2n) is 3.64. The number of carbonyl (C=O) groups excluding carboxylic acids is 1. The lowest BCUT2D eigenvalue weighted by molar-refractivity contribution is 0.0527. The predicted molar refractivity (Wildman–Crippen MR) is 64.2 cm³/mol. The highest BCUT2D eigenvalue weighted by Crippen LogP contribution is 2.26. The molecule has 2 aromatic rings. The number of ether oxygens (including phenoxy) is 1. The van der Waals surface area contributed by atoms with Crippen LogP contribution in [-0.2, 0) is 11.8 Å². The molecule has 2 aromatic heterocycles. The first-order valence-electron chi connectivity index (χ1n) is 5.20. The van der Waals surface area contributed by atoms with Crippen LogP contribution in [-0.4, -0.2) is 27.1 Å². The van der Waals surface area contributed by atoms with Gasteiger partial charge in [-0.1, -0.05) is 11.6 Å². The first kappa shape index (κ1) is 11.9. The molecule has 0 N–H and O–H groups in total. The van der Waals surface area contributed by atoms with E-state index >= 15 is 0 Å². The number of imidazole rings is 1. The highest BCUT2D eigenvalue weighted by molar-refractivity contribution is 6.34. The fraction of sp³-hybridized carbons (Fsp3) is 0.364. The predicted octanol–water partition coefficient (Wildman–Crippen LogP) is 2.11. The van der Waals surface area contributed by atoms with Crippen LogP contribution in [0.1, 0.15) is 23.0 Å². The van der Waals surface area contributed by atoms with Crippen LogP contribution in [0.15, 0.2) is 6.33 Å². The summed E-state index contributed by atoms with van der Waals surface area (Å²) in [5.74, 6) is -0.400.